The van der Waals surface area contributed by atoms with Gasteiger partial charge in [-0.3, -0.25) is 13.9 Å². The number of fused-ring (bicyclic) bond motifs is 1. The average Bonchev–Trinajstić information content (AvgIpc) is 2.88. The van der Waals surface area contributed by atoms with E-state index in [2.05, 4.69) is 21.4 Å². The van der Waals surface area contributed by atoms with Gasteiger partial charge in [0.15, 0.2) is 0 Å². The van der Waals surface area contributed by atoms with Crippen molar-refractivity contribution in [2.45, 2.75) is 20.8 Å². The van der Waals surface area contributed by atoms with E-state index in [9.17, 15) is 13.2 Å². The van der Waals surface area contributed by atoms with Gasteiger partial charge in [0.25, 0.3) is 0 Å². The standard InChI is InChI=1S/C8H9F.C6H6N5O2S.W/c1-6-4-3-5-8(9)7(6)2;1-4-2-7-3-11-5(4)8-6(9-11)10-14(12)13;/h3-5H,1-2H3;2H,1H3,(H,9,10)(H,12,13);/q;-1;/p-1. The average molecular weight is 519 g/mol. The van der Waals surface area contributed by atoms with Crippen molar-refractivity contribution < 1.29 is 34.2 Å². The fraction of sp³-hybridized carbons (Fsp3) is 0.214. The molecule has 3 aromatic rings. The number of nitrogens with one attached hydrogen (secondary N) is 1. The Bertz CT molecular complexity index is 838. The van der Waals surface area contributed by atoms with Crippen molar-refractivity contribution in [2.24, 2.45) is 0 Å². The van der Waals surface area contributed by atoms with Gasteiger partial charge in [0, 0.05) is 38.7 Å². The third-order valence-corrected chi connectivity index (χ3v) is 3.43. The number of hydrogen-bond donors (Lipinski definition) is 1. The molecule has 0 aliphatic carbocycles. The Hall–Kier alpha value is -1.70. The van der Waals surface area contributed by atoms with E-state index in [0.717, 1.165) is 16.7 Å². The van der Waals surface area contributed by atoms with Crippen molar-refractivity contribution in [1.82, 2.24) is 19.6 Å². The molecule has 0 saturated carbocycles. The number of rotatable bonds is 2. The number of benzene rings is 1. The normalized spacial score (nSPS) is 11.2. The molecule has 7 nitrogen and oxygen atoms in total. The van der Waals surface area contributed by atoms with Crippen LogP contribution in [0.25, 0.3) is 5.65 Å². The minimum Gasteiger partial charge on any atom is -0.755 e. The maximum Gasteiger partial charge on any atom is 0.239 e. The number of hydrogen-bond acceptors (Lipinski definition) is 5. The predicted molar refractivity (Wildman–Crippen MR) is 82.8 cm³/mol. The molecule has 0 fully saturated rings. The van der Waals surface area contributed by atoms with Gasteiger partial charge in [-0.05, 0) is 31.0 Å². The molecule has 0 saturated heterocycles. The topological polar surface area (TPSA) is 95.2 Å². The quantitative estimate of drug-likeness (QED) is 0.413. The van der Waals surface area contributed by atoms with Crippen LogP contribution in [0, 0.1) is 32.9 Å². The molecule has 3 rings (SSSR count). The van der Waals surface area contributed by atoms with Gasteiger partial charge in [0.2, 0.25) is 5.95 Å². The summed E-state index contributed by atoms with van der Waals surface area (Å²) in [5.41, 5.74) is 3.07. The Kier molecular flexibility index (Phi) is 7.59. The van der Waals surface area contributed by atoms with Gasteiger partial charge in [0.1, 0.15) is 5.82 Å². The van der Waals surface area contributed by atoms with Crippen LogP contribution in [0.15, 0.2) is 24.4 Å². The predicted octanol–water partition coefficient (Wildman–Crippen LogP) is 1.88. The van der Waals surface area contributed by atoms with Gasteiger partial charge >= 0.3 is 0 Å². The van der Waals surface area contributed by atoms with E-state index < -0.39 is 11.3 Å². The van der Waals surface area contributed by atoms with E-state index in [0.29, 0.717) is 5.65 Å². The SMILES string of the molecule is Cc1cccc(F)c1C.Cc1cn[c-]n2nc(NS(=O)[O-])nc12.[W]. The fourth-order valence-corrected chi connectivity index (χ4v) is 1.94. The molecule has 0 aliphatic rings. The van der Waals surface area contributed by atoms with Crippen LogP contribution in [-0.2, 0) is 32.3 Å². The van der Waals surface area contributed by atoms with Gasteiger partial charge in [-0.25, -0.2) is 4.39 Å². The Morgan fingerprint density at radius 3 is 2.54 bits per heavy atom. The molecule has 1 atom stereocenters. The molecule has 10 heteroatoms. The van der Waals surface area contributed by atoms with E-state index in [-0.39, 0.29) is 32.8 Å². The summed E-state index contributed by atoms with van der Waals surface area (Å²) in [7, 11) is 0. The number of aromatic nitrogens is 4. The van der Waals surface area contributed by atoms with Crippen molar-refractivity contribution in [3.63, 3.8) is 0 Å². The van der Waals surface area contributed by atoms with Crippen molar-refractivity contribution in [3.05, 3.63) is 53.2 Å². The molecular formula is C14H14FN5O2SW-2. The molecule has 0 bridgehead atoms. The minimum absolute atomic E-state index is 0. The molecule has 2 aromatic heterocycles. The van der Waals surface area contributed by atoms with Crippen LogP contribution in [0.3, 0.4) is 0 Å². The molecule has 1 N–H and O–H groups in total. The summed E-state index contributed by atoms with van der Waals surface area (Å²) < 4.78 is 36.5. The Morgan fingerprint density at radius 1 is 1.29 bits per heavy atom. The van der Waals surface area contributed by atoms with Gasteiger partial charge in [-0.2, -0.15) is 5.10 Å². The van der Waals surface area contributed by atoms with E-state index in [4.69, 9.17) is 0 Å². The molecule has 1 aromatic carbocycles. The number of aryl methyl sites for hydroxylation is 2. The molecule has 0 aliphatic heterocycles. The van der Waals surface area contributed by atoms with E-state index >= 15 is 0 Å². The first-order valence-corrected chi connectivity index (χ1v) is 7.63. The first-order valence-electron chi connectivity index (χ1n) is 6.56. The second kappa shape index (κ2) is 8.96. The van der Waals surface area contributed by atoms with Crippen LogP contribution >= 0.6 is 0 Å². The van der Waals surface area contributed by atoms with Crippen molar-refractivity contribution in [2.75, 3.05) is 4.72 Å². The van der Waals surface area contributed by atoms with E-state index in [1.165, 1.54) is 10.6 Å². The first kappa shape index (κ1) is 20.3. The smallest absolute Gasteiger partial charge is 0.239 e. The molecule has 24 heavy (non-hydrogen) atoms. The zero-order chi connectivity index (χ0) is 17.0. The second-order valence-corrected chi connectivity index (χ2v) is 5.40. The molecule has 0 radical (unpaired) electrons. The fourth-order valence-electron chi connectivity index (χ4n) is 1.71. The van der Waals surface area contributed by atoms with Gasteiger partial charge in [-0.1, -0.05) is 30.8 Å². The van der Waals surface area contributed by atoms with Gasteiger partial charge < -0.3 is 14.1 Å². The Balaban J connectivity index is 0.000000252. The monoisotopic (exact) mass is 519 g/mol. The summed E-state index contributed by atoms with van der Waals surface area (Å²) in [6.45, 7) is 5.48. The maximum atomic E-state index is 12.6. The third-order valence-electron chi connectivity index (χ3n) is 3.08. The summed E-state index contributed by atoms with van der Waals surface area (Å²) in [5, 5.41) is 3.80. The molecular weight excluding hydrogens is 505 g/mol. The molecule has 0 spiro atoms. The maximum absolute atomic E-state index is 12.6. The van der Waals surface area contributed by atoms with Crippen molar-refractivity contribution >= 4 is 22.9 Å². The molecule has 0 amide bonds. The Labute approximate surface area is 155 Å². The van der Waals surface area contributed by atoms with Crippen LogP contribution in [0.4, 0.5) is 10.3 Å². The summed E-state index contributed by atoms with van der Waals surface area (Å²) in [6, 6.07) is 5.10. The second-order valence-electron chi connectivity index (χ2n) is 4.73. The largest absolute Gasteiger partial charge is 0.755 e. The van der Waals surface area contributed by atoms with E-state index in [1.54, 1.807) is 26.1 Å². The van der Waals surface area contributed by atoms with Crippen LogP contribution in [-0.4, -0.2) is 28.3 Å². The van der Waals surface area contributed by atoms with Crippen LogP contribution in [0.5, 0.6) is 0 Å². The molecule has 128 valence electrons. The molecule has 2 heterocycles. The number of halogens is 1. The minimum atomic E-state index is -2.42. The third kappa shape index (κ3) is 5.15. The van der Waals surface area contributed by atoms with Gasteiger partial charge in [-0.15, -0.1) is 0 Å². The Morgan fingerprint density at radius 2 is 2.00 bits per heavy atom. The van der Waals surface area contributed by atoms with Crippen LogP contribution in [0.2, 0.25) is 0 Å². The zero-order valence-corrected chi connectivity index (χ0v) is 16.9. The summed E-state index contributed by atoms with van der Waals surface area (Å²) >= 11 is -2.42. The number of nitrogens with zero attached hydrogens (tertiary/aromatic N) is 4. The van der Waals surface area contributed by atoms with Gasteiger partial charge in [0.05, 0.1) is 5.65 Å². The van der Waals surface area contributed by atoms with Crippen LogP contribution < -0.4 is 4.72 Å². The number of anilines is 1. The summed E-state index contributed by atoms with van der Waals surface area (Å²) in [6.07, 6.45) is 4.11. The molecule has 1 unspecified atom stereocenters. The van der Waals surface area contributed by atoms with Crippen LogP contribution in [0.1, 0.15) is 16.7 Å². The van der Waals surface area contributed by atoms with E-state index in [1.807, 2.05) is 17.7 Å². The summed E-state index contributed by atoms with van der Waals surface area (Å²) in [5.74, 6) is -0.110. The van der Waals surface area contributed by atoms with Crippen molar-refractivity contribution in [3.8, 4) is 0 Å². The zero-order valence-electron chi connectivity index (χ0n) is 13.1. The summed E-state index contributed by atoms with van der Waals surface area (Å²) in [4.78, 5) is 7.69. The first-order chi connectivity index (χ1) is 10.9. The van der Waals surface area contributed by atoms with Crippen molar-refractivity contribution in [1.29, 1.82) is 0 Å².